The number of hydrogen-bond donors (Lipinski definition) is 1. The third-order valence-electron chi connectivity index (χ3n) is 4.21. The molecule has 18 heavy (non-hydrogen) atoms. The number of hydrogen-bond acceptors (Lipinski definition) is 5. The fourth-order valence-electron chi connectivity index (χ4n) is 3.00. The van der Waals surface area contributed by atoms with E-state index in [0.717, 1.165) is 38.2 Å². The lowest BCUT2D eigenvalue weighted by Crippen LogP contribution is -2.50. The standard InChI is InChI=1S/C12H22N6/c1-16-4-2-3-11(16)9-17-5-7-18(8-6-17)12-13-10-14-15-12/h10-11H,2-9H2,1H3,(H,13,14,15). The fraction of sp³-hybridized carbons (Fsp3) is 0.833. The highest BCUT2D eigenvalue weighted by atomic mass is 15.4. The second kappa shape index (κ2) is 5.24. The topological polar surface area (TPSA) is 51.3 Å². The van der Waals surface area contributed by atoms with E-state index in [2.05, 4.69) is 36.9 Å². The van der Waals surface area contributed by atoms with Gasteiger partial charge in [0, 0.05) is 38.8 Å². The van der Waals surface area contributed by atoms with Crippen LogP contribution in [0, 0.1) is 0 Å². The highest BCUT2D eigenvalue weighted by molar-refractivity contribution is 5.27. The summed E-state index contributed by atoms with van der Waals surface area (Å²) < 4.78 is 0. The lowest BCUT2D eigenvalue weighted by Gasteiger charge is -2.36. The molecule has 2 saturated heterocycles. The first-order valence-electron chi connectivity index (χ1n) is 6.86. The van der Waals surface area contributed by atoms with Crippen LogP contribution in [0.15, 0.2) is 6.33 Å². The van der Waals surface area contributed by atoms with Gasteiger partial charge >= 0.3 is 0 Å². The zero-order valence-corrected chi connectivity index (χ0v) is 11.0. The van der Waals surface area contributed by atoms with E-state index in [1.54, 1.807) is 6.33 Å². The van der Waals surface area contributed by atoms with E-state index >= 15 is 0 Å². The lowest BCUT2D eigenvalue weighted by molar-refractivity contribution is 0.185. The molecule has 0 radical (unpaired) electrons. The van der Waals surface area contributed by atoms with E-state index < -0.39 is 0 Å². The number of likely N-dealkylation sites (tertiary alicyclic amines) is 1. The fourth-order valence-corrected chi connectivity index (χ4v) is 3.00. The van der Waals surface area contributed by atoms with Crippen LogP contribution < -0.4 is 4.90 Å². The Morgan fingerprint density at radius 3 is 2.72 bits per heavy atom. The van der Waals surface area contributed by atoms with Crippen molar-refractivity contribution in [1.82, 2.24) is 25.0 Å². The maximum Gasteiger partial charge on any atom is 0.221 e. The molecule has 1 unspecified atom stereocenters. The summed E-state index contributed by atoms with van der Waals surface area (Å²) in [5, 5.41) is 6.85. The first-order valence-corrected chi connectivity index (χ1v) is 6.86. The van der Waals surface area contributed by atoms with Crippen LogP contribution in [-0.2, 0) is 0 Å². The molecular weight excluding hydrogens is 228 g/mol. The van der Waals surface area contributed by atoms with Crippen molar-refractivity contribution in [2.24, 2.45) is 0 Å². The van der Waals surface area contributed by atoms with E-state index in [1.807, 2.05) is 0 Å². The van der Waals surface area contributed by atoms with Gasteiger partial charge in [0.15, 0.2) is 0 Å². The molecule has 3 rings (SSSR count). The summed E-state index contributed by atoms with van der Waals surface area (Å²) in [6.07, 6.45) is 4.30. The molecule has 0 aliphatic carbocycles. The van der Waals surface area contributed by atoms with Gasteiger partial charge in [-0.1, -0.05) is 0 Å². The molecule has 2 aliphatic rings. The Kier molecular flexibility index (Phi) is 3.47. The van der Waals surface area contributed by atoms with Crippen molar-refractivity contribution in [3.8, 4) is 0 Å². The Labute approximate surface area is 108 Å². The van der Waals surface area contributed by atoms with Crippen LogP contribution in [0.2, 0.25) is 0 Å². The molecule has 0 bridgehead atoms. The summed E-state index contributed by atoms with van der Waals surface area (Å²) in [4.78, 5) is 11.6. The summed E-state index contributed by atoms with van der Waals surface area (Å²) in [7, 11) is 2.25. The van der Waals surface area contributed by atoms with Crippen molar-refractivity contribution in [1.29, 1.82) is 0 Å². The number of likely N-dealkylation sites (N-methyl/N-ethyl adjacent to an activating group) is 1. The molecular formula is C12H22N6. The Bertz CT molecular complexity index is 357. The van der Waals surface area contributed by atoms with Crippen molar-refractivity contribution in [2.45, 2.75) is 18.9 Å². The molecule has 0 aromatic carbocycles. The van der Waals surface area contributed by atoms with E-state index in [1.165, 1.54) is 25.9 Å². The van der Waals surface area contributed by atoms with E-state index in [9.17, 15) is 0 Å². The summed E-state index contributed by atoms with van der Waals surface area (Å²) >= 11 is 0. The molecule has 0 saturated carbocycles. The van der Waals surface area contributed by atoms with Crippen LogP contribution in [0.3, 0.4) is 0 Å². The first-order chi connectivity index (χ1) is 8.83. The van der Waals surface area contributed by atoms with Crippen LogP contribution in [0.4, 0.5) is 5.95 Å². The number of nitrogens with zero attached hydrogens (tertiary/aromatic N) is 5. The van der Waals surface area contributed by atoms with Crippen molar-refractivity contribution < 1.29 is 0 Å². The molecule has 2 aliphatic heterocycles. The molecule has 0 spiro atoms. The van der Waals surface area contributed by atoms with Crippen molar-refractivity contribution in [3.63, 3.8) is 0 Å². The molecule has 1 N–H and O–H groups in total. The molecule has 1 aromatic rings. The smallest absolute Gasteiger partial charge is 0.221 e. The molecule has 100 valence electrons. The summed E-state index contributed by atoms with van der Waals surface area (Å²) in [6.45, 7) is 6.84. The Morgan fingerprint density at radius 1 is 1.28 bits per heavy atom. The number of aromatic amines is 1. The van der Waals surface area contributed by atoms with Gasteiger partial charge in [0.25, 0.3) is 0 Å². The number of anilines is 1. The van der Waals surface area contributed by atoms with Gasteiger partial charge in [-0.15, -0.1) is 0 Å². The number of aromatic nitrogens is 3. The summed E-state index contributed by atoms with van der Waals surface area (Å²) in [6, 6.07) is 0.766. The summed E-state index contributed by atoms with van der Waals surface area (Å²) in [5.74, 6) is 0.910. The minimum absolute atomic E-state index is 0.766. The third kappa shape index (κ3) is 2.49. The van der Waals surface area contributed by atoms with Crippen LogP contribution in [0.1, 0.15) is 12.8 Å². The minimum Gasteiger partial charge on any atom is -0.339 e. The second-order valence-corrected chi connectivity index (χ2v) is 5.37. The zero-order valence-electron chi connectivity index (χ0n) is 11.0. The van der Waals surface area contributed by atoms with Crippen molar-refractivity contribution in [2.75, 3.05) is 51.2 Å². The maximum atomic E-state index is 4.21. The molecule has 1 aromatic heterocycles. The lowest BCUT2D eigenvalue weighted by atomic mass is 10.2. The monoisotopic (exact) mass is 250 g/mol. The predicted octanol–water partition coefficient (Wildman–Crippen LogP) is 0.0209. The van der Waals surface area contributed by atoms with Crippen LogP contribution in [0.5, 0.6) is 0 Å². The normalized spacial score (nSPS) is 26.9. The second-order valence-electron chi connectivity index (χ2n) is 5.37. The van der Waals surface area contributed by atoms with Crippen LogP contribution >= 0.6 is 0 Å². The van der Waals surface area contributed by atoms with Gasteiger partial charge in [0.1, 0.15) is 6.33 Å². The van der Waals surface area contributed by atoms with E-state index in [-0.39, 0.29) is 0 Å². The average Bonchev–Trinajstić information content (AvgIpc) is 3.03. The van der Waals surface area contributed by atoms with Gasteiger partial charge in [0.2, 0.25) is 5.95 Å². The van der Waals surface area contributed by atoms with Crippen LogP contribution in [-0.4, -0.2) is 77.3 Å². The highest BCUT2D eigenvalue weighted by Crippen LogP contribution is 2.17. The van der Waals surface area contributed by atoms with Crippen molar-refractivity contribution in [3.05, 3.63) is 6.33 Å². The SMILES string of the molecule is CN1CCCC1CN1CCN(c2ncn[nH]2)CC1. The predicted molar refractivity (Wildman–Crippen MR) is 70.7 cm³/mol. The largest absolute Gasteiger partial charge is 0.339 e. The van der Waals surface area contributed by atoms with E-state index in [4.69, 9.17) is 0 Å². The van der Waals surface area contributed by atoms with Gasteiger partial charge in [-0.05, 0) is 26.4 Å². The van der Waals surface area contributed by atoms with Gasteiger partial charge in [-0.3, -0.25) is 4.90 Å². The van der Waals surface area contributed by atoms with Gasteiger partial charge in [-0.2, -0.15) is 10.1 Å². The molecule has 6 nitrogen and oxygen atoms in total. The number of nitrogens with one attached hydrogen (secondary N) is 1. The maximum absolute atomic E-state index is 4.21. The molecule has 1 atom stereocenters. The number of piperazine rings is 1. The first kappa shape index (κ1) is 11.9. The molecule has 2 fully saturated rings. The average molecular weight is 250 g/mol. The highest BCUT2D eigenvalue weighted by Gasteiger charge is 2.25. The third-order valence-corrected chi connectivity index (χ3v) is 4.21. The summed E-state index contributed by atoms with van der Waals surface area (Å²) in [5.41, 5.74) is 0. The quantitative estimate of drug-likeness (QED) is 0.819. The molecule has 0 amide bonds. The van der Waals surface area contributed by atoms with Gasteiger partial charge in [-0.25, -0.2) is 5.10 Å². The minimum atomic E-state index is 0.766. The van der Waals surface area contributed by atoms with Crippen LogP contribution in [0.25, 0.3) is 0 Å². The Morgan fingerprint density at radius 2 is 2.11 bits per heavy atom. The molecule has 3 heterocycles. The zero-order chi connectivity index (χ0) is 12.4. The number of rotatable bonds is 3. The Hall–Kier alpha value is -1.14. The molecule has 6 heteroatoms. The number of H-pyrrole nitrogens is 1. The van der Waals surface area contributed by atoms with Crippen molar-refractivity contribution >= 4 is 5.95 Å². The van der Waals surface area contributed by atoms with Gasteiger partial charge in [0.05, 0.1) is 0 Å². The van der Waals surface area contributed by atoms with E-state index in [0.29, 0.717) is 0 Å². The Balaban J connectivity index is 1.48. The van der Waals surface area contributed by atoms with Gasteiger partial charge < -0.3 is 9.80 Å².